The van der Waals surface area contributed by atoms with E-state index in [1.54, 1.807) is 18.2 Å². The molecular weight excluding hydrogens is 367 g/mol. The zero-order chi connectivity index (χ0) is 18.4. The van der Waals surface area contributed by atoms with Gasteiger partial charge in [0, 0.05) is 10.9 Å². The average Bonchev–Trinajstić information content (AvgIpc) is 3.24. The van der Waals surface area contributed by atoms with Crippen molar-refractivity contribution < 1.29 is 0 Å². The van der Waals surface area contributed by atoms with Gasteiger partial charge in [0.1, 0.15) is 0 Å². The van der Waals surface area contributed by atoms with Gasteiger partial charge in [-0.3, -0.25) is 14.2 Å². The predicted molar refractivity (Wildman–Crippen MR) is 108 cm³/mol. The number of H-pyrrole nitrogens is 2. The molecule has 0 spiro atoms. The van der Waals surface area contributed by atoms with Gasteiger partial charge in [-0.05, 0) is 34.0 Å². The van der Waals surface area contributed by atoms with Gasteiger partial charge in [-0.1, -0.05) is 42.5 Å². The summed E-state index contributed by atoms with van der Waals surface area (Å²) in [5.41, 5.74) is 1.17. The van der Waals surface area contributed by atoms with Crippen molar-refractivity contribution in [1.82, 2.24) is 30.2 Å². The molecule has 9 heteroatoms. The van der Waals surface area contributed by atoms with Crippen molar-refractivity contribution in [2.24, 2.45) is 0 Å². The summed E-state index contributed by atoms with van der Waals surface area (Å²) in [5.74, 6) is 0.476. The predicted octanol–water partition coefficient (Wildman–Crippen LogP) is 1.36. The van der Waals surface area contributed by atoms with Crippen LogP contribution in [0.25, 0.3) is 38.9 Å². The van der Waals surface area contributed by atoms with Crippen LogP contribution in [0.2, 0.25) is 0 Å². The SMILES string of the molecule is O=c1[nH]c2c3ccccc3ccc2n(-c2cccc(-c3nnn[nH]3)c2)c1=O.[NaH]. The van der Waals surface area contributed by atoms with Gasteiger partial charge >= 0.3 is 40.7 Å². The van der Waals surface area contributed by atoms with E-state index in [1.807, 2.05) is 42.5 Å². The van der Waals surface area contributed by atoms with E-state index in [9.17, 15) is 9.59 Å². The van der Waals surface area contributed by atoms with E-state index in [-0.39, 0.29) is 29.6 Å². The number of fused-ring (bicyclic) bond motifs is 3. The van der Waals surface area contributed by atoms with Crippen molar-refractivity contribution in [2.45, 2.75) is 0 Å². The van der Waals surface area contributed by atoms with Gasteiger partial charge in [0.05, 0.1) is 16.7 Å². The fourth-order valence-corrected chi connectivity index (χ4v) is 3.29. The molecule has 0 atom stereocenters. The molecule has 0 amide bonds. The Morgan fingerprint density at radius 1 is 0.929 bits per heavy atom. The second kappa shape index (κ2) is 7.16. The van der Waals surface area contributed by atoms with Gasteiger partial charge < -0.3 is 4.98 Å². The van der Waals surface area contributed by atoms with Crippen LogP contribution in [-0.2, 0) is 0 Å². The summed E-state index contributed by atoms with van der Waals surface area (Å²) in [6, 6.07) is 18.6. The number of hydrogen-bond donors (Lipinski definition) is 2. The van der Waals surface area contributed by atoms with Crippen molar-refractivity contribution in [3.05, 3.63) is 81.4 Å². The van der Waals surface area contributed by atoms with Gasteiger partial charge in [0.15, 0.2) is 5.82 Å². The van der Waals surface area contributed by atoms with Crippen molar-refractivity contribution in [3.8, 4) is 17.1 Å². The van der Waals surface area contributed by atoms with Crippen LogP contribution in [0, 0.1) is 0 Å². The molecule has 5 aromatic rings. The van der Waals surface area contributed by atoms with Crippen molar-refractivity contribution >= 4 is 51.4 Å². The van der Waals surface area contributed by atoms with E-state index in [1.165, 1.54) is 4.57 Å². The van der Waals surface area contributed by atoms with Crippen LogP contribution < -0.4 is 11.1 Å². The van der Waals surface area contributed by atoms with E-state index in [2.05, 4.69) is 25.6 Å². The Kier molecular flexibility index (Phi) is 4.68. The Hall–Kier alpha value is -3.07. The average molecular weight is 380 g/mol. The summed E-state index contributed by atoms with van der Waals surface area (Å²) in [6.07, 6.45) is 0. The molecule has 0 saturated carbocycles. The molecule has 2 heterocycles. The number of nitrogens with zero attached hydrogens (tertiary/aromatic N) is 4. The summed E-state index contributed by atoms with van der Waals surface area (Å²) >= 11 is 0. The fourth-order valence-electron chi connectivity index (χ4n) is 3.29. The quantitative estimate of drug-likeness (QED) is 0.273. The summed E-state index contributed by atoms with van der Waals surface area (Å²) in [4.78, 5) is 27.8. The third-order valence-electron chi connectivity index (χ3n) is 4.51. The van der Waals surface area contributed by atoms with Crippen molar-refractivity contribution in [1.29, 1.82) is 0 Å². The van der Waals surface area contributed by atoms with Gasteiger partial charge in [0.25, 0.3) is 0 Å². The first-order chi connectivity index (χ1) is 13.2. The number of tetrazole rings is 1. The summed E-state index contributed by atoms with van der Waals surface area (Å²) in [7, 11) is 0. The second-order valence-corrected chi connectivity index (χ2v) is 6.08. The standard InChI is InChI=1S/C19H12N6O2.Na.H/c26-18-19(27)25(13-6-3-5-12(10-13)17-21-23-24-22-17)15-9-8-11-4-1-2-7-14(11)16(15)20-18;;/h1-10H,(H,20,26)(H,21,22,23,24);;. The molecule has 0 radical (unpaired) electrons. The zero-order valence-corrected chi connectivity index (χ0v) is 13.9. The molecular formula is C19H13N6NaO2. The minimum atomic E-state index is -0.675. The first-order valence-electron chi connectivity index (χ1n) is 8.24. The molecule has 0 bridgehead atoms. The normalized spacial score (nSPS) is 10.9. The van der Waals surface area contributed by atoms with Crippen LogP contribution in [0.1, 0.15) is 0 Å². The number of nitrogens with one attached hydrogen (secondary N) is 2. The maximum atomic E-state index is 12.7. The molecule has 5 rings (SSSR count). The van der Waals surface area contributed by atoms with E-state index in [0.29, 0.717) is 28.1 Å². The summed E-state index contributed by atoms with van der Waals surface area (Å²) < 4.78 is 1.41. The van der Waals surface area contributed by atoms with Gasteiger partial charge in [-0.15, -0.1) is 5.10 Å². The van der Waals surface area contributed by atoms with Crippen molar-refractivity contribution in [2.75, 3.05) is 0 Å². The monoisotopic (exact) mass is 380 g/mol. The van der Waals surface area contributed by atoms with E-state index in [4.69, 9.17) is 0 Å². The van der Waals surface area contributed by atoms with Crippen LogP contribution in [0.4, 0.5) is 0 Å². The van der Waals surface area contributed by atoms with Crippen LogP contribution in [-0.4, -0.2) is 59.7 Å². The Morgan fingerprint density at radius 3 is 2.61 bits per heavy atom. The number of benzene rings is 3. The molecule has 8 nitrogen and oxygen atoms in total. The Bertz CT molecular complexity index is 1420. The fraction of sp³-hybridized carbons (Fsp3) is 0. The van der Waals surface area contributed by atoms with Crippen LogP contribution in [0.5, 0.6) is 0 Å². The third kappa shape index (κ3) is 2.88. The molecule has 0 aliphatic carbocycles. The van der Waals surface area contributed by atoms with Crippen LogP contribution in [0.15, 0.2) is 70.3 Å². The zero-order valence-electron chi connectivity index (χ0n) is 13.9. The molecule has 28 heavy (non-hydrogen) atoms. The molecule has 2 aromatic heterocycles. The molecule has 2 N–H and O–H groups in total. The third-order valence-corrected chi connectivity index (χ3v) is 4.51. The first kappa shape index (κ1) is 18.3. The molecule has 0 aliphatic rings. The van der Waals surface area contributed by atoms with Crippen LogP contribution >= 0.6 is 0 Å². The van der Waals surface area contributed by atoms with E-state index in [0.717, 1.165) is 10.8 Å². The Labute approximate surface area is 179 Å². The summed E-state index contributed by atoms with van der Waals surface area (Å²) in [6.45, 7) is 0. The molecule has 0 aliphatic heterocycles. The van der Waals surface area contributed by atoms with Gasteiger partial charge in [-0.2, -0.15) is 0 Å². The second-order valence-electron chi connectivity index (χ2n) is 6.08. The number of rotatable bonds is 2. The topological polar surface area (TPSA) is 109 Å². The molecule has 0 unspecified atom stereocenters. The number of hydrogen-bond acceptors (Lipinski definition) is 5. The van der Waals surface area contributed by atoms with Gasteiger partial charge in [0.2, 0.25) is 0 Å². The first-order valence-corrected chi connectivity index (χ1v) is 8.24. The van der Waals surface area contributed by atoms with E-state index >= 15 is 0 Å². The molecule has 3 aromatic carbocycles. The van der Waals surface area contributed by atoms with Crippen molar-refractivity contribution in [3.63, 3.8) is 0 Å². The molecule has 132 valence electrons. The minimum absolute atomic E-state index is 0. The molecule has 0 saturated heterocycles. The number of aromatic amines is 2. The molecule has 0 fully saturated rings. The van der Waals surface area contributed by atoms with Gasteiger partial charge in [-0.25, -0.2) is 5.10 Å². The Balaban J connectivity index is 0.00000192. The Morgan fingerprint density at radius 2 is 1.79 bits per heavy atom. The summed E-state index contributed by atoms with van der Waals surface area (Å²) in [5, 5.41) is 15.6. The maximum absolute atomic E-state index is 12.7. The number of aromatic nitrogens is 6. The van der Waals surface area contributed by atoms with E-state index < -0.39 is 11.1 Å². The van der Waals surface area contributed by atoms with Crippen LogP contribution in [0.3, 0.4) is 0 Å².